The number of fused-ring (bicyclic) bond motifs is 1. The fraction of sp³-hybridized carbons (Fsp3) is 0. The summed E-state index contributed by atoms with van der Waals surface area (Å²) in [6, 6.07) is 8.18. The van der Waals surface area contributed by atoms with Crippen LogP contribution in [0.1, 0.15) is 5.56 Å². The van der Waals surface area contributed by atoms with E-state index < -0.39 is 0 Å². The van der Waals surface area contributed by atoms with Crippen LogP contribution in [0.2, 0.25) is 0 Å². The van der Waals surface area contributed by atoms with Crippen LogP contribution in [0.15, 0.2) is 34.1 Å². The van der Waals surface area contributed by atoms with Crippen LogP contribution >= 0.6 is 34.5 Å². The molecule has 0 bridgehead atoms. The quantitative estimate of drug-likeness (QED) is 0.666. The highest BCUT2D eigenvalue weighted by Gasteiger charge is 2.00. The molecule has 2 aromatic rings. The Kier molecular flexibility index (Phi) is 2.58. The van der Waals surface area contributed by atoms with E-state index in [0.717, 1.165) is 5.56 Å². The van der Waals surface area contributed by atoms with Gasteiger partial charge in [0.1, 0.15) is 4.49 Å². The van der Waals surface area contributed by atoms with E-state index >= 15 is 0 Å². The first-order valence-corrected chi connectivity index (χ1v) is 5.40. The second kappa shape index (κ2) is 3.70. The van der Waals surface area contributed by atoms with Crippen molar-refractivity contribution < 1.29 is 0 Å². The van der Waals surface area contributed by atoms with Gasteiger partial charge in [0.2, 0.25) is 0 Å². The normalized spacial score (nSPS) is 10.3. The monoisotopic (exact) mass is 228 g/mol. The lowest BCUT2D eigenvalue weighted by atomic mass is 10.2. The molecule has 0 unspecified atom stereocenters. The number of hydrogen-bond acceptors (Lipinski definition) is 1. The third-order valence-electron chi connectivity index (χ3n) is 1.78. The van der Waals surface area contributed by atoms with Crippen LogP contribution < -0.4 is 0 Å². The van der Waals surface area contributed by atoms with Crippen LogP contribution in [0.25, 0.3) is 16.2 Å². The molecule has 0 fully saturated rings. The summed E-state index contributed by atoms with van der Waals surface area (Å²) in [5, 5.41) is 3.25. The number of hydrogen-bond donors (Lipinski definition) is 0. The van der Waals surface area contributed by atoms with Gasteiger partial charge in [-0.1, -0.05) is 41.4 Å². The minimum atomic E-state index is 0.295. The minimum absolute atomic E-state index is 0.295. The summed E-state index contributed by atoms with van der Waals surface area (Å²) < 4.78 is 1.55. The molecule has 0 spiro atoms. The van der Waals surface area contributed by atoms with Gasteiger partial charge in [0.25, 0.3) is 0 Å². The van der Waals surface area contributed by atoms with Crippen molar-refractivity contribution in [2.24, 2.45) is 0 Å². The van der Waals surface area contributed by atoms with E-state index in [1.165, 1.54) is 10.1 Å². The Morgan fingerprint density at radius 3 is 2.77 bits per heavy atom. The molecule has 0 nitrogen and oxygen atoms in total. The highest BCUT2D eigenvalue weighted by atomic mass is 35.5. The Bertz CT molecular complexity index is 453. The van der Waals surface area contributed by atoms with Crippen molar-refractivity contribution in [3.8, 4) is 0 Å². The maximum Gasteiger partial charge on any atom is 0.107 e. The lowest BCUT2D eigenvalue weighted by molar-refractivity contribution is 1.83. The molecule has 0 radical (unpaired) electrons. The maximum absolute atomic E-state index is 5.60. The van der Waals surface area contributed by atoms with E-state index in [-0.39, 0.29) is 0 Å². The van der Waals surface area contributed by atoms with Crippen LogP contribution in [0.4, 0.5) is 0 Å². The first kappa shape index (κ1) is 9.07. The van der Waals surface area contributed by atoms with E-state index in [4.69, 9.17) is 23.2 Å². The first-order chi connectivity index (χ1) is 6.27. The molecule has 0 aliphatic carbocycles. The Morgan fingerprint density at radius 1 is 1.23 bits per heavy atom. The van der Waals surface area contributed by atoms with Gasteiger partial charge in [0, 0.05) is 4.70 Å². The number of rotatable bonds is 1. The zero-order chi connectivity index (χ0) is 9.26. The lowest BCUT2D eigenvalue weighted by Crippen LogP contribution is -1.66. The lowest BCUT2D eigenvalue weighted by Gasteiger charge is -1.90. The van der Waals surface area contributed by atoms with Crippen LogP contribution in [-0.2, 0) is 0 Å². The molecule has 0 amide bonds. The zero-order valence-corrected chi connectivity index (χ0v) is 8.96. The minimum Gasteiger partial charge on any atom is -0.143 e. The summed E-state index contributed by atoms with van der Waals surface area (Å²) in [5.74, 6) is 0. The standard InChI is InChI=1S/C10H6Cl2S/c11-10(12)5-7-6-13-9-4-2-1-3-8(7)9/h1-6H. The average molecular weight is 229 g/mol. The van der Waals surface area contributed by atoms with Crippen molar-refractivity contribution in [1.82, 2.24) is 0 Å². The summed E-state index contributed by atoms with van der Waals surface area (Å²) in [4.78, 5) is 0. The Labute approximate surface area is 90.4 Å². The SMILES string of the molecule is ClC(Cl)=Cc1csc2ccccc12. The van der Waals surface area contributed by atoms with Gasteiger partial charge in [-0.3, -0.25) is 0 Å². The highest BCUT2D eigenvalue weighted by Crippen LogP contribution is 2.28. The third kappa shape index (κ3) is 1.88. The summed E-state index contributed by atoms with van der Waals surface area (Å²) in [6.45, 7) is 0. The van der Waals surface area contributed by atoms with Gasteiger partial charge in [0.15, 0.2) is 0 Å². The van der Waals surface area contributed by atoms with Gasteiger partial charge >= 0.3 is 0 Å². The molecule has 0 aliphatic rings. The van der Waals surface area contributed by atoms with Gasteiger partial charge in [0.05, 0.1) is 0 Å². The third-order valence-corrected chi connectivity index (χ3v) is 2.98. The predicted molar refractivity (Wildman–Crippen MR) is 61.5 cm³/mol. The average Bonchev–Trinajstić information content (AvgIpc) is 2.48. The number of halogens is 2. The molecule has 3 heteroatoms. The summed E-state index contributed by atoms with van der Waals surface area (Å²) in [7, 11) is 0. The summed E-state index contributed by atoms with van der Waals surface area (Å²) >= 11 is 12.9. The first-order valence-electron chi connectivity index (χ1n) is 3.76. The molecule has 1 heterocycles. The summed E-state index contributed by atoms with van der Waals surface area (Å²) in [6.07, 6.45) is 1.77. The van der Waals surface area contributed by atoms with Gasteiger partial charge in [-0.25, -0.2) is 0 Å². The second-order valence-electron chi connectivity index (χ2n) is 2.62. The van der Waals surface area contributed by atoms with Crippen molar-refractivity contribution >= 4 is 50.7 Å². The molecular formula is C10H6Cl2S. The van der Waals surface area contributed by atoms with Gasteiger partial charge in [-0.2, -0.15) is 0 Å². The Morgan fingerprint density at radius 2 is 2.00 bits per heavy atom. The van der Waals surface area contributed by atoms with Crippen molar-refractivity contribution in [2.75, 3.05) is 0 Å². The van der Waals surface area contributed by atoms with Gasteiger partial charge < -0.3 is 0 Å². The van der Waals surface area contributed by atoms with Crippen molar-refractivity contribution in [3.05, 3.63) is 39.7 Å². The van der Waals surface area contributed by atoms with E-state index in [9.17, 15) is 0 Å². The second-order valence-corrected chi connectivity index (χ2v) is 4.54. The fourth-order valence-corrected chi connectivity index (χ4v) is 2.38. The molecule has 1 aromatic heterocycles. The molecular weight excluding hydrogens is 223 g/mol. The largest absolute Gasteiger partial charge is 0.143 e. The van der Waals surface area contributed by atoms with Crippen molar-refractivity contribution in [2.45, 2.75) is 0 Å². The predicted octanol–water partition coefficient (Wildman–Crippen LogP) is 4.68. The van der Waals surface area contributed by atoms with E-state index in [0.29, 0.717) is 4.49 Å². The van der Waals surface area contributed by atoms with Crippen LogP contribution in [-0.4, -0.2) is 0 Å². The molecule has 0 saturated heterocycles. The van der Waals surface area contributed by atoms with Crippen LogP contribution in [0.3, 0.4) is 0 Å². The molecule has 0 atom stereocenters. The molecule has 0 N–H and O–H groups in total. The molecule has 66 valence electrons. The van der Waals surface area contributed by atoms with Gasteiger partial charge in [-0.15, -0.1) is 11.3 Å². The molecule has 0 aliphatic heterocycles. The van der Waals surface area contributed by atoms with Crippen molar-refractivity contribution in [3.63, 3.8) is 0 Å². The summed E-state index contributed by atoms with van der Waals surface area (Å²) in [5.41, 5.74) is 1.08. The number of benzene rings is 1. The van der Waals surface area contributed by atoms with Crippen LogP contribution in [0, 0.1) is 0 Å². The van der Waals surface area contributed by atoms with E-state index in [1.807, 2.05) is 12.1 Å². The Balaban J connectivity index is 2.65. The fourth-order valence-electron chi connectivity index (χ4n) is 1.23. The number of thiophene rings is 1. The van der Waals surface area contributed by atoms with E-state index in [2.05, 4.69) is 17.5 Å². The van der Waals surface area contributed by atoms with Crippen LogP contribution in [0.5, 0.6) is 0 Å². The zero-order valence-electron chi connectivity index (χ0n) is 6.63. The highest BCUT2D eigenvalue weighted by molar-refractivity contribution is 7.17. The van der Waals surface area contributed by atoms with Gasteiger partial charge in [-0.05, 0) is 28.5 Å². The molecule has 0 saturated carbocycles. The topological polar surface area (TPSA) is 0 Å². The van der Waals surface area contributed by atoms with Crippen molar-refractivity contribution in [1.29, 1.82) is 0 Å². The Hall–Kier alpha value is -0.500. The molecule has 1 aromatic carbocycles. The molecule has 13 heavy (non-hydrogen) atoms. The molecule has 2 rings (SSSR count). The smallest absolute Gasteiger partial charge is 0.107 e. The van der Waals surface area contributed by atoms with E-state index in [1.54, 1.807) is 17.4 Å². The maximum atomic E-state index is 5.60.